The first-order valence-electron chi connectivity index (χ1n) is 12.1. The Morgan fingerprint density at radius 1 is 0.917 bits per heavy atom. The number of amides is 2. The van der Waals surface area contributed by atoms with Crippen LogP contribution in [0.15, 0.2) is 72.8 Å². The molecule has 1 N–H and O–H groups in total. The van der Waals surface area contributed by atoms with E-state index in [9.17, 15) is 9.59 Å². The first-order chi connectivity index (χ1) is 17.6. The van der Waals surface area contributed by atoms with Crippen LogP contribution in [0.3, 0.4) is 0 Å². The number of hydrogen-bond donors (Lipinski definition) is 1. The minimum Gasteiger partial charge on any atom is -0.497 e. The first-order valence-corrected chi connectivity index (χ1v) is 12.1. The number of H-pyrrole nitrogens is 1. The van der Waals surface area contributed by atoms with Crippen molar-refractivity contribution in [3.8, 4) is 11.5 Å². The fourth-order valence-electron chi connectivity index (χ4n) is 5.65. The van der Waals surface area contributed by atoms with Crippen LogP contribution in [-0.2, 0) is 16.1 Å². The van der Waals surface area contributed by atoms with E-state index in [-0.39, 0.29) is 24.2 Å². The Morgan fingerprint density at radius 3 is 2.47 bits per heavy atom. The molecule has 0 radical (unpaired) electrons. The number of rotatable bonds is 5. The van der Waals surface area contributed by atoms with Gasteiger partial charge in [-0.3, -0.25) is 14.5 Å². The van der Waals surface area contributed by atoms with E-state index in [0.717, 1.165) is 11.2 Å². The zero-order valence-corrected chi connectivity index (χ0v) is 20.2. The van der Waals surface area contributed by atoms with Crippen molar-refractivity contribution in [3.05, 3.63) is 89.6 Å². The molecule has 2 aliphatic heterocycles. The Kier molecular flexibility index (Phi) is 5.49. The highest BCUT2D eigenvalue weighted by Crippen LogP contribution is 2.41. The predicted molar refractivity (Wildman–Crippen MR) is 137 cm³/mol. The molecule has 6 rings (SSSR count). The third-order valence-corrected chi connectivity index (χ3v) is 7.35. The number of ether oxygens (including phenoxy) is 2. The number of carbonyl (C=O) groups excluding carboxylic acids is 2. The standard InChI is InChI=1S/C29H27N3O4/c1-35-19-12-13-24(26(14-19)36-2)32-27(33)15-25(29(32)34)31-16-21(18-8-4-3-5-9-18)28-20-10-6-7-11-22(20)30-23(28)17-31/h3-14,21,25,30H,15-17H2,1-2H3/t21-,25+/m1/s1. The number of benzene rings is 3. The molecule has 1 fully saturated rings. The van der Waals surface area contributed by atoms with Gasteiger partial charge in [-0.25, -0.2) is 4.90 Å². The average molecular weight is 482 g/mol. The number of anilines is 1. The van der Waals surface area contributed by atoms with Gasteiger partial charge in [0.05, 0.1) is 32.4 Å². The van der Waals surface area contributed by atoms with Gasteiger partial charge >= 0.3 is 0 Å². The van der Waals surface area contributed by atoms with Crippen LogP contribution in [0.1, 0.15) is 29.2 Å². The molecule has 7 heteroatoms. The molecule has 2 amide bonds. The van der Waals surface area contributed by atoms with Crippen molar-refractivity contribution in [3.63, 3.8) is 0 Å². The zero-order valence-electron chi connectivity index (χ0n) is 20.2. The number of carbonyl (C=O) groups is 2. The van der Waals surface area contributed by atoms with Crippen molar-refractivity contribution in [1.29, 1.82) is 0 Å². The summed E-state index contributed by atoms with van der Waals surface area (Å²) in [5.74, 6) is 0.648. The molecular weight excluding hydrogens is 454 g/mol. The molecule has 0 aliphatic carbocycles. The fourth-order valence-corrected chi connectivity index (χ4v) is 5.65. The van der Waals surface area contributed by atoms with Gasteiger partial charge in [-0.05, 0) is 29.3 Å². The van der Waals surface area contributed by atoms with Gasteiger partial charge in [0, 0.05) is 41.7 Å². The van der Waals surface area contributed by atoms with Crippen molar-refractivity contribution >= 4 is 28.4 Å². The van der Waals surface area contributed by atoms with E-state index >= 15 is 0 Å². The van der Waals surface area contributed by atoms with Crippen molar-refractivity contribution in [2.45, 2.75) is 24.9 Å². The number of nitrogens with zero attached hydrogens (tertiary/aromatic N) is 2. The molecule has 2 atom stereocenters. The van der Waals surface area contributed by atoms with Gasteiger partial charge in [-0.2, -0.15) is 0 Å². The molecule has 182 valence electrons. The number of aromatic amines is 1. The SMILES string of the molecule is COc1ccc(N2C(=O)C[C@H](N3Cc4[nH]c5ccccc5c4[C@@H](c4ccccc4)C3)C2=O)c(OC)c1. The van der Waals surface area contributed by atoms with Crippen LogP contribution in [0.5, 0.6) is 11.5 Å². The second-order valence-corrected chi connectivity index (χ2v) is 9.28. The quantitative estimate of drug-likeness (QED) is 0.426. The summed E-state index contributed by atoms with van der Waals surface area (Å²) in [6.45, 7) is 1.22. The lowest BCUT2D eigenvalue weighted by Crippen LogP contribution is -2.45. The smallest absolute Gasteiger partial charge is 0.251 e. The van der Waals surface area contributed by atoms with Gasteiger partial charge < -0.3 is 14.5 Å². The first kappa shape index (κ1) is 22.4. The van der Waals surface area contributed by atoms with Crippen LogP contribution in [0, 0.1) is 0 Å². The Hall–Kier alpha value is -4.10. The summed E-state index contributed by atoms with van der Waals surface area (Å²) in [7, 11) is 3.09. The fraction of sp³-hybridized carbons (Fsp3) is 0.241. The van der Waals surface area contributed by atoms with Crippen LogP contribution < -0.4 is 14.4 Å². The Labute approximate surface area is 209 Å². The van der Waals surface area contributed by atoms with Crippen molar-refractivity contribution in [2.75, 3.05) is 25.7 Å². The van der Waals surface area contributed by atoms with E-state index < -0.39 is 6.04 Å². The average Bonchev–Trinajstić information content (AvgIpc) is 3.44. The van der Waals surface area contributed by atoms with Crippen molar-refractivity contribution < 1.29 is 19.1 Å². The maximum absolute atomic E-state index is 13.7. The van der Waals surface area contributed by atoms with Gasteiger partial charge in [0.1, 0.15) is 11.5 Å². The Morgan fingerprint density at radius 2 is 1.69 bits per heavy atom. The van der Waals surface area contributed by atoms with Crippen LogP contribution in [0.25, 0.3) is 10.9 Å². The molecule has 1 aromatic heterocycles. The van der Waals surface area contributed by atoms with E-state index in [2.05, 4.69) is 40.2 Å². The monoisotopic (exact) mass is 481 g/mol. The van der Waals surface area contributed by atoms with Gasteiger partial charge in [0.2, 0.25) is 5.91 Å². The molecule has 4 aromatic rings. The third-order valence-electron chi connectivity index (χ3n) is 7.35. The van der Waals surface area contributed by atoms with E-state index in [1.54, 1.807) is 25.3 Å². The molecule has 3 heterocycles. The maximum atomic E-state index is 13.7. The highest BCUT2D eigenvalue weighted by molar-refractivity contribution is 6.23. The van der Waals surface area contributed by atoms with E-state index in [1.165, 1.54) is 28.5 Å². The minimum atomic E-state index is -0.546. The lowest BCUT2D eigenvalue weighted by molar-refractivity contribution is -0.123. The van der Waals surface area contributed by atoms with Crippen LogP contribution >= 0.6 is 0 Å². The van der Waals surface area contributed by atoms with Gasteiger partial charge in [-0.15, -0.1) is 0 Å². The van der Waals surface area contributed by atoms with E-state index in [0.29, 0.717) is 30.3 Å². The molecular formula is C29H27N3O4. The number of hydrogen-bond acceptors (Lipinski definition) is 5. The summed E-state index contributed by atoms with van der Waals surface area (Å²) >= 11 is 0. The largest absolute Gasteiger partial charge is 0.497 e. The predicted octanol–water partition coefficient (Wildman–Crippen LogP) is 4.46. The number of fused-ring (bicyclic) bond motifs is 3. The summed E-state index contributed by atoms with van der Waals surface area (Å²) in [4.78, 5) is 33.9. The molecule has 7 nitrogen and oxygen atoms in total. The summed E-state index contributed by atoms with van der Waals surface area (Å²) < 4.78 is 10.8. The second kappa shape index (κ2) is 8.84. The molecule has 0 unspecified atom stereocenters. The number of para-hydroxylation sites is 1. The normalized spacial score (nSPS) is 20.1. The summed E-state index contributed by atoms with van der Waals surface area (Å²) in [6, 6.07) is 23.3. The number of methoxy groups -OCH3 is 2. The van der Waals surface area contributed by atoms with Gasteiger partial charge in [0.15, 0.2) is 0 Å². The minimum absolute atomic E-state index is 0.0820. The van der Waals surface area contributed by atoms with Crippen LogP contribution in [0.2, 0.25) is 0 Å². The molecule has 36 heavy (non-hydrogen) atoms. The number of imide groups is 1. The lowest BCUT2D eigenvalue weighted by Gasteiger charge is -2.36. The second-order valence-electron chi connectivity index (χ2n) is 9.28. The summed E-state index contributed by atoms with van der Waals surface area (Å²) in [5.41, 5.74) is 5.09. The summed E-state index contributed by atoms with van der Waals surface area (Å²) in [6.07, 6.45) is 0.130. The Bertz CT molecular complexity index is 1460. The van der Waals surface area contributed by atoms with Crippen molar-refractivity contribution in [2.24, 2.45) is 0 Å². The molecule has 0 spiro atoms. The van der Waals surface area contributed by atoms with E-state index in [4.69, 9.17) is 9.47 Å². The Balaban J connectivity index is 1.37. The van der Waals surface area contributed by atoms with E-state index in [1.807, 2.05) is 24.3 Å². The topological polar surface area (TPSA) is 74.9 Å². The van der Waals surface area contributed by atoms with Crippen LogP contribution in [0.4, 0.5) is 5.69 Å². The van der Waals surface area contributed by atoms with Crippen molar-refractivity contribution in [1.82, 2.24) is 9.88 Å². The molecule has 0 saturated carbocycles. The maximum Gasteiger partial charge on any atom is 0.251 e. The lowest BCUT2D eigenvalue weighted by atomic mass is 9.85. The van der Waals surface area contributed by atoms with Crippen LogP contribution in [-0.4, -0.2) is 48.5 Å². The van der Waals surface area contributed by atoms with Gasteiger partial charge in [0.25, 0.3) is 5.91 Å². The highest BCUT2D eigenvalue weighted by atomic mass is 16.5. The molecule has 3 aromatic carbocycles. The molecule has 2 aliphatic rings. The van der Waals surface area contributed by atoms with Gasteiger partial charge in [-0.1, -0.05) is 48.5 Å². The molecule has 0 bridgehead atoms. The molecule has 1 saturated heterocycles. The number of nitrogens with one attached hydrogen (secondary N) is 1. The zero-order chi connectivity index (χ0) is 24.8. The summed E-state index contributed by atoms with van der Waals surface area (Å²) in [5, 5.41) is 1.21. The number of aromatic nitrogens is 1. The third kappa shape index (κ3) is 3.55. The highest BCUT2D eigenvalue weighted by Gasteiger charge is 2.46.